The molecule has 1 unspecified atom stereocenters. The molecule has 2 aliphatic heterocycles. The number of benzene rings is 2. The molecular weight excluding hydrogens is 439 g/mol. The Morgan fingerprint density at radius 2 is 1.85 bits per heavy atom. The van der Waals surface area contributed by atoms with Gasteiger partial charge in [-0.2, -0.15) is 28.5 Å². The summed E-state index contributed by atoms with van der Waals surface area (Å²) in [7, 11) is 0. The lowest BCUT2D eigenvalue weighted by atomic mass is 9.92. The molecule has 1 fully saturated rings. The number of hydrazone groups is 1. The molecule has 8 nitrogen and oxygen atoms in total. The molecule has 2 aromatic carbocycles. The lowest BCUT2D eigenvalue weighted by Crippen LogP contribution is -2.42. The lowest BCUT2D eigenvalue weighted by Gasteiger charge is -2.20. The molecule has 1 saturated heterocycles. The van der Waals surface area contributed by atoms with Crippen LogP contribution in [0.3, 0.4) is 0 Å². The minimum Gasteiger partial charge on any atom is -0.326 e. The Morgan fingerprint density at radius 3 is 2.39 bits per heavy atom. The van der Waals surface area contributed by atoms with Gasteiger partial charge in [0, 0.05) is 19.0 Å². The number of urea groups is 1. The summed E-state index contributed by atoms with van der Waals surface area (Å²) in [5.74, 6) is -0.958. The summed E-state index contributed by atoms with van der Waals surface area (Å²) in [6.45, 7) is 2.86. The van der Waals surface area contributed by atoms with Crippen LogP contribution in [0.25, 0.3) is 0 Å². The van der Waals surface area contributed by atoms with Crippen molar-refractivity contribution >= 4 is 34.9 Å². The summed E-state index contributed by atoms with van der Waals surface area (Å²) >= 11 is 0. The van der Waals surface area contributed by atoms with Crippen LogP contribution in [0.2, 0.25) is 0 Å². The molecule has 2 aromatic rings. The third kappa shape index (κ3) is 3.59. The number of nitriles is 1. The Kier molecular flexibility index (Phi) is 4.96. The number of alkyl halides is 3. The van der Waals surface area contributed by atoms with Crippen LogP contribution in [0, 0.1) is 11.3 Å². The highest BCUT2D eigenvalue weighted by molar-refractivity contribution is 6.26. The number of carbonyl (C=O) groups is 3. The summed E-state index contributed by atoms with van der Waals surface area (Å²) in [5, 5.41) is 16.8. The van der Waals surface area contributed by atoms with Crippen molar-refractivity contribution in [3.8, 4) is 6.07 Å². The van der Waals surface area contributed by atoms with E-state index in [0.717, 1.165) is 17.1 Å². The Balaban J connectivity index is 1.66. The van der Waals surface area contributed by atoms with Gasteiger partial charge in [-0.15, -0.1) is 0 Å². The van der Waals surface area contributed by atoms with E-state index in [2.05, 4.69) is 10.4 Å². The van der Waals surface area contributed by atoms with Crippen molar-refractivity contribution in [2.24, 2.45) is 5.10 Å². The number of rotatable bonds is 3. The molecule has 1 atom stereocenters. The fraction of sp³-hybridized carbons (Fsp3) is 0.227. The fourth-order valence-corrected chi connectivity index (χ4v) is 3.85. The maximum atomic E-state index is 13.3. The van der Waals surface area contributed by atoms with Crippen LogP contribution >= 0.6 is 0 Å². The zero-order valence-corrected chi connectivity index (χ0v) is 17.4. The van der Waals surface area contributed by atoms with Crippen molar-refractivity contribution in [3.05, 3.63) is 59.2 Å². The highest BCUT2D eigenvalue weighted by Gasteiger charge is 2.59. The smallest absolute Gasteiger partial charge is 0.326 e. The van der Waals surface area contributed by atoms with Crippen molar-refractivity contribution in [2.45, 2.75) is 32.0 Å². The molecule has 4 amide bonds. The zero-order valence-electron chi connectivity index (χ0n) is 17.4. The molecule has 0 bridgehead atoms. The molecule has 11 heteroatoms. The van der Waals surface area contributed by atoms with Gasteiger partial charge in [0.15, 0.2) is 5.54 Å². The van der Waals surface area contributed by atoms with Gasteiger partial charge in [0.2, 0.25) is 5.91 Å². The minimum atomic E-state index is -4.83. The van der Waals surface area contributed by atoms with Crippen LogP contribution in [0.15, 0.2) is 47.6 Å². The Labute approximate surface area is 185 Å². The molecule has 168 valence electrons. The van der Waals surface area contributed by atoms with Crippen LogP contribution in [-0.4, -0.2) is 34.1 Å². The average Bonchev–Trinajstić information content (AvgIpc) is 3.19. The van der Waals surface area contributed by atoms with Crippen molar-refractivity contribution in [3.63, 3.8) is 0 Å². The number of carbonyl (C=O) groups excluding carboxylic acids is 3. The van der Waals surface area contributed by atoms with Gasteiger partial charge in [-0.3, -0.25) is 9.59 Å². The lowest BCUT2D eigenvalue weighted by molar-refractivity contribution is -0.137. The molecule has 0 radical (unpaired) electrons. The predicted octanol–water partition coefficient (Wildman–Crippen LogP) is 3.87. The fourth-order valence-electron chi connectivity index (χ4n) is 3.85. The highest BCUT2D eigenvalue weighted by Crippen LogP contribution is 2.41. The number of nitrogens with one attached hydrogen (secondary N) is 1. The molecule has 0 aromatic heterocycles. The Morgan fingerprint density at radius 1 is 1.18 bits per heavy atom. The van der Waals surface area contributed by atoms with E-state index in [0.29, 0.717) is 27.9 Å². The van der Waals surface area contributed by atoms with Crippen molar-refractivity contribution < 1.29 is 27.6 Å². The van der Waals surface area contributed by atoms with Gasteiger partial charge in [-0.1, -0.05) is 12.1 Å². The second-order valence-electron chi connectivity index (χ2n) is 7.83. The Bertz CT molecular complexity index is 1260. The van der Waals surface area contributed by atoms with Crippen molar-refractivity contribution in [1.82, 2.24) is 5.01 Å². The van der Waals surface area contributed by atoms with E-state index in [1.165, 1.54) is 19.9 Å². The Hall–Kier alpha value is -4.20. The monoisotopic (exact) mass is 455 g/mol. The molecule has 1 N–H and O–H groups in total. The first-order valence-electron chi connectivity index (χ1n) is 9.71. The summed E-state index contributed by atoms with van der Waals surface area (Å²) < 4.78 is 40.0. The van der Waals surface area contributed by atoms with E-state index in [1.807, 2.05) is 0 Å². The maximum Gasteiger partial charge on any atom is 0.417 e. The zero-order chi connectivity index (χ0) is 24.1. The van der Waals surface area contributed by atoms with Crippen LogP contribution in [0.4, 0.5) is 29.3 Å². The third-order valence-electron chi connectivity index (χ3n) is 5.46. The molecule has 0 spiro atoms. The molecule has 2 heterocycles. The molecule has 0 saturated carbocycles. The molecule has 33 heavy (non-hydrogen) atoms. The van der Waals surface area contributed by atoms with Gasteiger partial charge in [0.05, 0.1) is 28.6 Å². The average molecular weight is 455 g/mol. The van der Waals surface area contributed by atoms with E-state index in [1.54, 1.807) is 24.3 Å². The molecule has 4 rings (SSSR count). The van der Waals surface area contributed by atoms with Crippen molar-refractivity contribution in [1.29, 1.82) is 5.26 Å². The van der Waals surface area contributed by atoms with E-state index in [-0.39, 0.29) is 18.0 Å². The number of anilines is 2. The number of fused-ring (bicyclic) bond motifs is 1. The van der Waals surface area contributed by atoms with E-state index in [9.17, 15) is 27.6 Å². The first kappa shape index (κ1) is 22.0. The number of hydrogen-bond donors (Lipinski definition) is 1. The first-order valence-corrected chi connectivity index (χ1v) is 9.71. The molecule has 0 aliphatic carbocycles. The third-order valence-corrected chi connectivity index (χ3v) is 5.46. The largest absolute Gasteiger partial charge is 0.417 e. The highest BCUT2D eigenvalue weighted by atomic mass is 19.4. The summed E-state index contributed by atoms with van der Waals surface area (Å²) in [5.41, 5.74) is -1.90. The topological polar surface area (TPSA) is 106 Å². The van der Waals surface area contributed by atoms with Gasteiger partial charge >= 0.3 is 12.2 Å². The quantitative estimate of drug-likeness (QED) is 0.709. The summed E-state index contributed by atoms with van der Waals surface area (Å²) in [6.07, 6.45) is -4.78. The predicted molar refractivity (Wildman–Crippen MR) is 111 cm³/mol. The van der Waals surface area contributed by atoms with E-state index in [4.69, 9.17) is 5.26 Å². The minimum absolute atomic E-state index is 0.0516. The summed E-state index contributed by atoms with van der Waals surface area (Å²) in [4.78, 5) is 38.0. The second kappa shape index (κ2) is 7.44. The number of halogens is 3. The molecule has 2 aliphatic rings. The van der Waals surface area contributed by atoms with Crippen LogP contribution in [0.5, 0.6) is 0 Å². The normalized spacial score (nSPS) is 19.9. The van der Waals surface area contributed by atoms with Gasteiger partial charge in [-0.25, -0.2) is 9.69 Å². The number of imide groups is 1. The standard InChI is InChI=1S/C22H16F3N5O3/c1-12(31)27-15-6-3-13(4-7-15)18-10-21(2)19(32)29(20(33)30(21)28-18)16-8-5-14(11-26)17(9-16)22(23,24)25/h3-9H,10H2,1-2H3,(H,27,31). The van der Waals surface area contributed by atoms with Crippen LogP contribution < -0.4 is 10.2 Å². The number of amides is 4. The van der Waals surface area contributed by atoms with Crippen LogP contribution in [0.1, 0.15) is 37.0 Å². The summed E-state index contributed by atoms with van der Waals surface area (Å²) in [6, 6.07) is 9.90. The van der Waals surface area contributed by atoms with Gasteiger partial charge in [0.25, 0.3) is 5.91 Å². The van der Waals surface area contributed by atoms with Gasteiger partial charge in [-0.05, 0) is 42.8 Å². The van der Waals surface area contributed by atoms with Crippen LogP contribution in [-0.2, 0) is 15.8 Å². The number of hydrogen-bond acceptors (Lipinski definition) is 5. The maximum absolute atomic E-state index is 13.3. The van der Waals surface area contributed by atoms with Crippen molar-refractivity contribution in [2.75, 3.05) is 10.2 Å². The number of nitrogens with zero attached hydrogens (tertiary/aromatic N) is 4. The van der Waals surface area contributed by atoms with Gasteiger partial charge < -0.3 is 5.32 Å². The van der Waals surface area contributed by atoms with E-state index < -0.39 is 34.8 Å². The second-order valence-corrected chi connectivity index (χ2v) is 7.83. The van der Waals surface area contributed by atoms with Gasteiger partial charge in [0.1, 0.15) is 0 Å². The first-order chi connectivity index (χ1) is 15.5. The molecular formula is C22H16F3N5O3. The van der Waals surface area contributed by atoms with E-state index >= 15 is 0 Å². The SMILES string of the molecule is CC(=O)Nc1ccc(C2=NN3C(=O)N(c4ccc(C#N)c(C(F)(F)F)c4)C(=O)C3(C)C2)cc1.